The summed E-state index contributed by atoms with van der Waals surface area (Å²) < 4.78 is 15.6. The van der Waals surface area contributed by atoms with Crippen molar-refractivity contribution in [3.63, 3.8) is 0 Å². The molecule has 1 amide bonds. The molecule has 128 valence electrons. The summed E-state index contributed by atoms with van der Waals surface area (Å²) in [5, 5.41) is 11.2. The van der Waals surface area contributed by atoms with Crippen LogP contribution < -0.4 is 5.32 Å². The highest BCUT2D eigenvalue weighted by atomic mass is 32.2. The van der Waals surface area contributed by atoms with Crippen LogP contribution in [0, 0.1) is 5.82 Å². The number of halogens is 1. The molecular formula is C18H17FN4OS. The molecule has 7 heteroatoms. The van der Waals surface area contributed by atoms with Gasteiger partial charge in [-0.2, -0.15) is 0 Å². The van der Waals surface area contributed by atoms with Crippen molar-refractivity contribution in [2.45, 2.75) is 17.3 Å². The van der Waals surface area contributed by atoms with E-state index in [1.807, 2.05) is 30.3 Å². The third-order valence-corrected chi connectivity index (χ3v) is 4.78. The first-order chi connectivity index (χ1) is 12.1. The molecule has 0 aliphatic rings. The Morgan fingerprint density at radius 3 is 2.52 bits per heavy atom. The molecule has 0 spiro atoms. The van der Waals surface area contributed by atoms with Gasteiger partial charge in [-0.15, -0.1) is 10.2 Å². The van der Waals surface area contributed by atoms with Gasteiger partial charge in [0.2, 0.25) is 5.91 Å². The molecule has 1 N–H and O–H groups in total. The van der Waals surface area contributed by atoms with E-state index in [9.17, 15) is 9.18 Å². The highest BCUT2D eigenvalue weighted by Gasteiger charge is 2.20. The molecule has 0 aliphatic carbocycles. The van der Waals surface area contributed by atoms with E-state index in [4.69, 9.17) is 0 Å². The topological polar surface area (TPSA) is 59.8 Å². The Hall–Kier alpha value is -2.67. The number of hydrogen-bond donors (Lipinski definition) is 1. The van der Waals surface area contributed by atoms with Crippen LogP contribution >= 0.6 is 11.8 Å². The van der Waals surface area contributed by atoms with E-state index in [1.165, 1.54) is 17.8 Å². The van der Waals surface area contributed by atoms with E-state index >= 15 is 0 Å². The van der Waals surface area contributed by atoms with Gasteiger partial charge in [0.15, 0.2) is 11.0 Å². The van der Waals surface area contributed by atoms with Crippen LogP contribution in [0.15, 0.2) is 59.8 Å². The smallest absolute Gasteiger partial charge is 0.237 e. The third-order valence-electron chi connectivity index (χ3n) is 3.64. The molecule has 2 aromatic carbocycles. The number of nitrogens with one attached hydrogen (secondary N) is 1. The fourth-order valence-electron chi connectivity index (χ4n) is 2.27. The first-order valence-corrected chi connectivity index (χ1v) is 8.61. The van der Waals surface area contributed by atoms with Gasteiger partial charge in [0.05, 0.1) is 10.8 Å². The number of nitrogens with zero attached hydrogens (tertiary/aromatic N) is 3. The molecule has 0 unspecified atom stereocenters. The van der Waals surface area contributed by atoms with E-state index in [0.29, 0.717) is 16.5 Å². The first kappa shape index (κ1) is 17.2. The number of benzene rings is 2. The summed E-state index contributed by atoms with van der Waals surface area (Å²) in [5.74, 6) is -0.0627. The van der Waals surface area contributed by atoms with Crippen molar-refractivity contribution < 1.29 is 9.18 Å². The highest BCUT2D eigenvalue weighted by molar-refractivity contribution is 8.00. The number of aromatic nitrogens is 3. The van der Waals surface area contributed by atoms with Crippen LogP contribution in [0.2, 0.25) is 0 Å². The van der Waals surface area contributed by atoms with Crippen molar-refractivity contribution in [1.82, 2.24) is 14.8 Å². The molecule has 3 aromatic rings. The van der Waals surface area contributed by atoms with E-state index in [1.54, 1.807) is 36.7 Å². The zero-order valence-electron chi connectivity index (χ0n) is 13.8. The standard InChI is InChI=1S/C18H17FN4OS/c1-12(17(24)20-13-8-4-3-5-9-13)25-18-22-21-16(23(18)2)14-10-6-7-11-15(14)19/h3-12H,1-2H3,(H,20,24)/t12-/m1/s1. The lowest BCUT2D eigenvalue weighted by atomic mass is 10.2. The van der Waals surface area contributed by atoms with Crippen molar-refractivity contribution in [3.8, 4) is 11.4 Å². The molecule has 1 heterocycles. The zero-order valence-corrected chi connectivity index (χ0v) is 14.6. The van der Waals surface area contributed by atoms with Crippen LogP contribution in [0.3, 0.4) is 0 Å². The summed E-state index contributed by atoms with van der Waals surface area (Å²) in [5.41, 5.74) is 1.12. The molecule has 25 heavy (non-hydrogen) atoms. The second kappa shape index (κ2) is 7.48. The average molecular weight is 356 g/mol. The summed E-state index contributed by atoms with van der Waals surface area (Å²) in [6.45, 7) is 1.79. The molecule has 0 aliphatic heterocycles. The Morgan fingerprint density at radius 1 is 1.12 bits per heavy atom. The van der Waals surface area contributed by atoms with Crippen molar-refractivity contribution >= 4 is 23.4 Å². The van der Waals surface area contributed by atoms with Crippen molar-refractivity contribution in [2.24, 2.45) is 7.05 Å². The number of carbonyl (C=O) groups excluding carboxylic acids is 1. The lowest BCUT2D eigenvalue weighted by Crippen LogP contribution is -2.22. The maximum Gasteiger partial charge on any atom is 0.237 e. The van der Waals surface area contributed by atoms with Gasteiger partial charge in [0, 0.05) is 12.7 Å². The molecule has 0 saturated carbocycles. The second-order valence-electron chi connectivity index (χ2n) is 5.46. The minimum atomic E-state index is -0.378. The number of hydrogen-bond acceptors (Lipinski definition) is 4. The third kappa shape index (κ3) is 3.88. The molecule has 5 nitrogen and oxygen atoms in total. The maximum atomic E-state index is 13.9. The zero-order chi connectivity index (χ0) is 17.8. The van der Waals surface area contributed by atoms with Gasteiger partial charge >= 0.3 is 0 Å². The second-order valence-corrected chi connectivity index (χ2v) is 6.77. The monoisotopic (exact) mass is 356 g/mol. The highest BCUT2D eigenvalue weighted by Crippen LogP contribution is 2.27. The average Bonchev–Trinajstić information content (AvgIpc) is 2.97. The predicted octanol–water partition coefficient (Wildman–Crippen LogP) is 3.74. The summed E-state index contributed by atoms with van der Waals surface area (Å²) in [7, 11) is 1.76. The van der Waals surface area contributed by atoms with Gasteiger partial charge in [0.25, 0.3) is 0 Å². The largest absolute Gasteiger partial charge is 0.325 e. The first-order valence-electron chi connectivity index (χ1n) is 7.73. The molecule has 0 bridgehead atoms. The molecule has 1 atom stereocenters. The summed E-state index contributed by atoms with van der Waals surface area (Å²) in [6, 6.07) is 15.7. The van der Waals surface area contributed by atoms with Crippen LogP contribution in [0.1, 0.15) is 6.92 Å². The van der Waals surface area contributed by atoms with Crippen LogP contribution in [-0.2, 0) is 11.8 Å². The van der Waals surface area contributed by atoms with Crippen LogP contribution in [0.4, 0.5) is 10.1 Å². The number of rotatable bonds is 5. The van der Waals surface area contributed by atoms with E-state index in [-0.39, 0.29) is 17.0 Å². The predicted molar refractivity (Wildman–Crippen MR) is 96.8 cm³/mol. The van der Waals surface area contributed by atoms with Gasteiger partial charge in [-0.25, -0.2) is 4.39 Å². The fourth-order valence-corrected chi connectivity index (χ4v) is 3.09. The number of para-hydroxylation sites is 1. The molecule has 0 radical (unpaired) electrons. The Balaban J connectivity index is 1.73. The fraction of sp³-hybridized carbons (Fsp3) is 0.167. The minimum absolute atomic E-state index is 0.133. The SMILES string of the molecule is C[C@@H](Sc1nnc(-c2ccccc2F)n1C)C(=O)Nc1ccccc1. The van der Waals surface area contributed by atoms with Crippen LogP contribution in [-0.4, -0.2) is 25.9 Å². The minimum Gasteiger partial charge on any atom is -0.325 e. The van der Waals surface area contributed by atoms with E-state index in [0.717, 1.165) is 5.69 Å². The van der Waals surface area contributed by atoms with Gasteiger partial charge in [0.1, 0.15) is 5.82 Å². The van der Waals surface area contributed by atoms with Gasteiger partial charge < -0.3 is 9.88 Å². The summed E-state index contributed by atoms with van der Waals surface area (Å²) in [6.07, 6.45) is 0. The van der Waals surface area contributed by atoms with Crippen molar-refractivity contribution in [3.05, 3.63) is 60.4 Å². The molecule has 0 fully saturated rings. The normalized spacial score (nSPS) is 12.0. The Bertz CT molecular complexity index is 882. The van der Waals surface area contributed by atoms with Crippen molar-refractivity contribution in [2.75, 3.05) is 5.32 Å². The lowest BCUT2D eigenvalue weighted by Gasteiger charge is -2.11. The Morgan fingerprint density at radius 2 is 1.80 bits per heavy atom. The molecule has 0 saturated heterocycles. The van der Waals surface area contributed by atoms with Gasteiger partial charge in [-0.05, 0) is 31.2 Å². The number of amides is 1. The molecule has 3 rings (SSSR count). The van der Waals surface area contributed by atoms with Gasteiger partial charge in [-0.3, -0.25) is 4.79 Å². The number of carbonyl (C=O) groups is 1. The van der Waals surface area contributed by atoms with Crippen LogP contribution in [0.25, 0.3) is 11.4 Å². The maximum absolute atomic E-state index is 13.9. The Kier molecular flexibility index (Phi) is 5.14. The lowest BCUT2D eigenvalue weighted by molar-refractivity contribution is -0.115. The Labute approximate surface area is 149 Å². The summed E-state index contributed by atoms with van der Waals surface area (Å²) >= 11 is 1.27. The van der Waals surface area contributed by atoms with Crippen molar-refractivity contribution in [1.29, 1.82) is 0 Å². The molecule has 1 aromatic heterocycles. The number of anilines is 1. The molecular weight excluding hydrogens is 339 g/mol. The number of thioether (sulfide) groups is 1. The quantitative estimate of drug-likeness (QED) is 0.708. The van der Waals surface area contributed by atoms with E-state index in [2.05, 4.69) is 15.5 Å². The summed E-state index contributed by atoms with van der Waals surface area (Å²) in [4.78, 5) is 12.3. The van der Waals surface area contributed by atoms with Crippen LogP contribution in [0.5, 0.6) is 0 Å². The van der Waals surface area contributed by atoms with Gasteiger partial charge in [-0.1, -0.05) is 42.1 Å². The van der Waals surface area contributed by atoms with E-state index < -0.39 is 0 Å².